The lowest BCUT2D eigenvalue weighted by atomic mass is 9.79. The molecule has 0 saturated carbocycles. The average molecular weight is 362 g/mol. The van der Waals surface area contributed by atoms with Crippen molar-refractivity contribution < 1.29 is 19.1 Å². The van der Waals surface area contributed by atoms with Crippen LogP contribution in [0.4, 0.5) is 0 Å². The molecule has 0 fully saturated rings. The lowest BCUT2D eigenvalue weighted by Gasteiger charge is -2.25. The Morgan fingerprint density at radius 2 is 1.44 bits per heavy atom. The fourth-order valence-electron chi connectivity index (χ4n) is 3.45. The highest BCUT2D eigenvalue weighted by Crippen LogP contribution is 2.38. The molecule has 0 amide bonds. The largest absolute Gasteiger partial charge is 0.469 e. The molecule has 0 bridgehead atoms. The molecule has 4 nitrogen and oxygen atoms in total. The molecule has 27 heavy (non-hydrogen) atoms. The highest BCUT2D eigenvalue weighted by Gasteiger charge is 2.34. The van der Waals surface area contributed by atoms with Crippen molar-refractivity contribution in [3.05, 3.63) is 83.9 Å². The molecule has 3 rings (SSSR count). The van der Waals surface area contributed by atoms with Crippen LogP contribution in [-0.4, -0.2) is 26.2 Å². The maximum absolute atomic E-state index is 12.8. The Balaban J connectivity index is 2.11. The van der Waals surface area contributed by atoms with E-state index in [0.717, 1.165) is 21.9 Å². The number of rotatable bonds is 6. The van der Waals surface area contributed by atoms with Crippen molar-refractivity contribution in [2.24, 2.45) is 0 Å². The Morgan fingerprint density at radius 3 is 2.11 bits per heavy atom. The minimum Gasteiger partial charge on any atom is -0.469 e. The number of hydrogen-bond acceptors (Lipinski definition) is 4. The van der Waals surface area contributed by atoms with Gasteiger partial charge in [0.1, 0.15) is 0 Å². The van der Waals surface area contributed by atoms with E-state index in [1.807, 2.05) is 72.8 Å². The summed E-state index contributed by atoms with van der Waals surface area (Å²) in [6.45, 7) is 0. The van der Waals surface area contributed by atoms with Crippen LogP contribution in [0, 0.1) is 0 Å². The van der Waals surface area contributed by atoms with E-state index in [4.69, 9.17) is 9.47 Å². The molecule has 3 aromatic carbocycles. The van der Waals surface area contributed by atoms with E-state index >= 15 is 0 Å². The van der Waals surface area contributed by atoms with Gasteiger partial charge >= 0.3 is 11.9 Å². The Bertz CT molecular complexity index is 933. The van der Waals surface area contributed by atoms with Crippen LogP contribution in [0.3, 0.4) is 0 Å². The van der Waals surface area contributed by atoms with E-state index in [1.165, 1.54) is 14.2 Å². The summed E-state index contributed by atoms with van der Waals surface area (Å²) >= 11 is 0. The molecular formula is C23H22O4. The summed E-state index contributed by atoms with van der Waals surface area (Å²) in [5.74, 6) is -1.73. The van der Waals surface area contributed by atoms with Gasteiger partial charge < -0.3 is 9.47 Å². The van der Waals surface area contributed by atoms with Gasteiger partial charge in [-0.25, -0.2) is 0 Å². The molecule has 0 heterocycles. The van der Waals surface area contributed by atoms with Crippen molar-refractivity contribution in [1.82, 2.24) is 0 Å². The van der Waals surface area contributed by atoms with Gasteiger partial charge in [-0.05, 0) is 21.9 Å². The molecule has 0 unspecified atom stereocenters. The van der Waals surface area contributed by atoms with E-state index in [9.17, 15) is 9.59 Å². The van der Waals surface area contributed by atoms with Crippen LogP contribution in [0.15, 0.2) is 72.8 Å². The summed E-state index contributed by atoms with van der Waals surface area (Å²) < 4.78 is 9.99. The minimum absolute atomic E-state index is 0.0904. The number of ether oxygens (including phenoxy) is 2. The number of esters is 2. The molecule has 0 aliphatic heterocycles. The molecule has 0 aliphatic rings. The lowest BCUT2D eigenvalue weighted by molar-refractivity contribution is -0.144. The molecule has 3 aromatic rings. The summed E-state index contributed by atoms with van der Waals surface area (Å²) in [7, 11) is 2.73. The predicted octanol–water partition coefficient (Wildman–Crippen LogP) is 4.44. The zero-order valence-corrected chi connectivity index (χ0v) is 15.4. The highest BCUT2D eigenvalue weighted by molar-refractivity contribution is 5.87. The lowest BCUT2D eigenvalue weighted by Crippen LogP contribution is -2.24. The van der Waals surface area contributed by atoms with Gasteiger partial charge in [-0.2, -0.15) is 0 Å². The smallest absolute Gasteiger partial charge is 0.313 e. The topological polar surface area (TPSA) is 52.6 Å². The quantitative estimate of drug-likeness (QED) is 0.608. The molecule has 4 heteroatoms. The fourth-order valence-corrected chi connectivity index (χ4v) is 3.45. The fraction of sp³-hybridized carbons (Fsp3) is 0.217. The van der Waals surface area contributed by atoms with Gasteiger partial charge in [0.25, 0.3) is 0 Å². The SMILES string of the molecule is COC(=O)C[C@@H](c1ccccc1)[C@@H](C(=O)OC)c1ccc2ccccc2c1. The maximum Gasteiger partial charge on any atom is 0.313 e. The van der Waals surface area contributed by atoms with E-state index in [1.54, 1.807) is 0 Å². The first kappa shape index (κ1) is 18.6. The molecule has 0 N–H and O–H groups in total. The summed E-state index contributed by atoms with van der Waals surface area (Å²) in [5, 5.41) is 2.13. The number of benzene rings is 3. The number of carbonyl (C=O) groups excluding carboxylic acids is 2. The van der Waals surface area contributed by atoms with Crippen molar-refractivity contribution in [3.8, 4) is 0 Å². The van der Waals surface area contributed by atoms with Gasteiger partial charge in [0.2, 0.25) is 0 Å². The molecule has 2 atom stereocenters. The molecule has 138 valence electrons. The zero-order valence-electron chi connectivity index (χ0n) is 15.4. The first-order valence-corrected chi connectivity index (χ1v) is 8.82. The van der Waals surface area contributed by atoms with Crippen LogP contribution >= 0.6 is 0 Å². The van der Waals surface area contributed by atoms with Gasteiger partial charge in [-0.3, -0.25) is 9.59 Å². The van der Waals surface area contributed by atoms with Crippen molar-refractivity contribution in [3.63, 3.8) is 0 Å². The van der Waals surface area contributed by atoms with Gasteiger partial charge in [0, 0.05) is 5.92 Å². The maximum atomic E-state index is 12.8. The van der Waals surface area contributed by atoms with E-state index in [0.29, 0.717) is 0 Å². The Labute approximate surface area is 158 Å². The number of methoxy groups -OCH3 is 2. The molecule has 0 aliphatic carbocycles. The van der Waals surface area contributed by atoms with E-state index in [2.05, 4.69) is 0 Å². The predicted molar refractivity (Wildman–Crippen MR) is 105 cm³/mol. The zero-order chi connectivity index (χ0) is 19.2. The van der Waals surface area contributed by atoms with Gasteiger partial charge in [-0.1, -0.05) is 72.8 Å². The third-order valence-electron chi connectivity index (χ3n) is 4.83. The van der Waals surface area contributed by atoms with Crippen LogP contribution in [0.1, 0.15) is 29.4 Å². The number of carbonyl (C=O) groups is 2. The molecule has 0 radical (unpaired) electrons. The Hall–Kier alpha value is -3.14. The summed E-state index contributed by atoms with van der Waals surface area (Å²) in [5.41, 5.74) is 1.71. The van der Waals surface area contributed by atoms with Crippen molar-refractivity contribution in [2.45, 2.75) is 18.3 Å². The Kier molecular flexibility index (Phi) is 5.87. The summed E-state index contributed by atoms with van der Waals surface area (Å²) in [6.07, 6.45) is 0.0904. The molecule has 0 spiro atoms. The monoisotopic (exact) mass is 362 g/mol. The second-order valence-corrected chi connectivity index (χ2v) is 6.40. The normalized spacial score (nSPS) is 13.0. The third kappa shape index (κ3) is 4.17. The standard InChI is InChI=1S/C23H22O4/c1-26-21(24)15-20(17-9-4-3-5-10-17)22(23(25)27-2)19-13-12-16-8-6-7-11-18(16)14-19/h3-14,20,22H,15H2,1-2H3/t20-,22-/m0/s1. The van der Waals surface area contributed by atoms with Crippen LogP contribution in [0.5, 0.6) is 0 Å². The molecular weight excluding hydrogens is 340 g/mol. The van der Waals surface area contributed by atoms with Gasteiger partial charge in [-0.15, -0.1) is 0 Å². The van der Waals surface area contributed by atoms with Gasteiger partial charge in [0.15, 0.2) is 0 Å². The van der Waals surface area contributed by atoms with Crippen LogP contribution in [0.25, 0.3) is 10.8 Å². The van der Waals surface area contributed by atoms with Crippen molar-refractivity contribution in [2.75, 3.05) is 14.2 Å². The van der Waals surface area contributed by atoms with Crippen LogP contribution in [-0.2, 0) is 19.1 Å². The summed E-state index contributed by atoms with van der Waals surface area (Å²) in [6, 6.07) is 23.4. The first-order valence-electron chi connectivity index (χ1n) is 8.82. The third-order valence-corrected chi connectivity index (χ3v) is 4.83. The first-order chi connectivity index (χ1) is 13.1. The minimum atomic E-state index is -0.610. The number of fused-ring (bicyclic) bond motifs is 1. The summed E-state index contributed by atoms with van der Waals surface area (Å²) in [4.78, 5) is 24.8. The van der Waals surface area contributed by atoms with Crippen molar-refractivity contribution >= 4 is 22.7 Å². The highest BCUT2D eigenvalue weighted by atomic mass is 16.5. The molecule has 0 aromatic heterocycles. The van der Waals surface area contributed by atoms with Crippen molar-refractivity contribution in [1.29, 1.82) is 0 Å². The van der Waals surface area contributed by atoms with E-state index in [-0.39, 0.29) is 24.3 Å². The Morgan fingerprint density at radius 1 is 0.778 bits per heavy atom. The second kappa shape index (κ2) is 8.49. The van der Waals surface area contributed by atoms with Crippen LogP contribution < -0.4 is 0 Å². The average Bonchev–Trinajstić information content (AvgIpc) is 2.73. The van der Waals surface area contributed by atoms with Crippen LogP contribution in [0.2, 0.25) is 0 Å². The molecule has 0 saturated heterocycles. The second-order valence-electron chi connectivity index (χ2n) is 6.40. The van der Waals surface area contributed by atoms with Gasteiger partial charge in [0.05, 0.1) is 26.6 Å². The van der Waals surface area contributed by atoms with E-state index < -0.39 is 5.92 Å². The number of hydrogen-bond donors (Lipinski definition) is 0.